The minimum Gasteiger partial charge on any atom is -0.478 e. The number of benzene rings is 3. The first kappa shape index (κ1) is 30.1. The van der Waals surface area contributed by atoms with Crippen molar-refractivity contribution in [1.82, 2.24) is 14.3 Å². The molecule has 1 amide bonds. The van der Waals surface area contributed by atoms with Crippen molar-refractivity contribution in [1.29, 1.82) is 0 Å². The predicted octanol–water partition coefficient (Wildman–Crippen LogP) is 4.66. The zero-order valence-corrected chi connectivity index (χ0v) is 24.4. The molecule has 0 aliphatic heterocycles. The lowest BCUT2D eigenvalue weighted by Gasteiger charge is -2.11. The lowest BCUT2D eigenvalue weighted by Crippen LogP contribution is -2.33. The Bertz CT molecular complexity index is 2150. The normalized spacial score (nSPS) is 10.6. The second-order valence-electron chi connectivity index (χ2n) is 10.3. The van der Waals surface area contributed by atoms with Crippen molar-refractivity contribution in [3.8, 4) is 5.69 Å². The molecule has 2 aromatic heterocycles. The van der Waals surface area contributed by atoms with Gasteiger partial charge in [0.15, 0.2) is 0 Å². The Kier molecular flexibility index (Phi) is 8.07. The highest BCUT2D eigenvalue weighted by molar-refractivity contribution is 5.98. The Hall–Kier alpha value is -6.39. The van der Waals surface area contributed by atoms with E-state index < -0.39 is 29.1 Å². The molecule has 3 aromatic carbocycles. The van der Waals surface area contributed by atoms with Crippen LogP contribution in [0.2, 0.25) is 0 Å². The molecule has 0 atom stereocenters. The Morgan fingerprint density at radius 2 is 1.40 bits per heavy atom. The van der Waals surface area contributed by atoms with Crippen LogP contribution in [0.4, 0.5) is 16.2 Å². The maximum absolute atomic E-state index is 13.9. The number of rotatable bonds is 7. The van der Waals surface area contributed by atoms with E-state index in [4.69, 9.17) is 0 Å². The number of aromatic amines is 1. The highest BCUT2D eigenvalue weighted by atomic mass is 16.4. The fraction of sp³-hybridized carbons (Fsp3) is 0.0909. The number of carboxylic acids is 2. The number of fused-ring (bicyclic) bond motifs is 1. The molecular weight excluding hydrogens is 578 g/mol. The molecule has 4 N–H and O–H groups in total. The monoisotopic (exact) mass is 605 g/mol. The van der Waals surface area contributed by atoms with E-state index in [9.17, 15) is 34.2 Å². The zero-order valence-electron chi connectivity index (χ0n) is 24.4. The van der Waals surface area contributed by atoms with Crippen molar-refractivity contribution in [2.24, 2.45) is 0 Å². The van der Waals surface area contributed by atoms with Crippen molar-refractivity contribution in [3.63, 3.8) is 0 Å². The molecule has 0 unspecified atom stereocenters. The quantitative estimate of drug-likeness (QED) is 0.194. The van der Waals surface area contributed by atoms with Gasteiger partial charge in [-0.25, -0.2) is 23.6 Å². The number of H-pyrrole nitrogens is 1. The third-order valence-corrected chi connectivity index (χ3v) is 7.15. The van der Waals surface area contributed by atoms with Gasteiger partial charge in [-0.05, 0) is 90.9 Å². The van der Waals surface area contributed by atoms with Crippen molar-refractivity contribution in [2.45, 2.75) is 6.92 Å². The Morgan fingerprint density at radius 3 is 1.96 bits per heavy atom. The molecule has 12 heteroatoms. The number of carbonyl (C=O) groups is 3. The van der Waals surface area contributed by atoms with Crippen LogP contribution in [0.5, 0.6) is 0 Å². The van der Waals surface area contributed by atoms with Crippen LogP contribution in [0.15, 0.2) is 88.1 Å². The number of hydrogen-bond donors (Lipinski definition) is 4. The number of amides is 1. The molecule has 0 saturated carbocycles. The summed E-state index contributed by atoms with van der Waals surface area (Å²) in [5.41, 5.74) is 4.26. The molecule has 12 nitrogen and oxygen atoms in total. The summed E-state index contributed by atoms with van der Waals surface area (Å²) in [7, 11) is 3.85. The summed E-state index contributed by atoms with van der Waals surface area (Å²) in [6.45, 7) is 1.59. The maximum atomic E-state index is 13.9. The first-order valence-electron chi connectivity index (χ1n) is 13.5. The summed E-state index contributed by atoms with van der Waals surface area (Å²) >= 11 is 0. The van der Waals surface area contributed by atoms with Gasteiger partial charge in [0.2, 0.25) is 0 Å². The number of carbonyl (C=O) groups excluding carboxylic acids is 1. The third kappa shape index (κ3) is 5.94. The number of nitrogens with zero attached hydrogens (tertiary/aromatic N) is 3. The fourth-order valence-corrected chi connectivity index (χ4v) is 4.71. The van der Waals surface area contributed by atoms with Gasteiger partial charge >= 0.3 is 18.0 Å². The van der Waals surface area contributed by atoms with Crippen molar-refractivity contribution >= 4 is 52.5 Å². The van der Waals surface area contributed by atoms with E-state index in [1.807, 2.05) is 43.3 Å². The largest absolute Gasteiger partial charge is 0.478 e. The van der Waals surface area contributed by atoms with Gasteiger partial charge in [-0.2, -0.15) is 0 Å². The third-order valence-electron chi connectivity index (χ3n) is 7.15. The standard InChI is InChI=1S/C33H27N5O7/c1-19-26(6-4-5-20-7-15-24(16-8-20)36(2)3)29(39)37(33(45)34-23-13-9-21(10-14-23)31(41)42)28-27(19)30(40)38(35-28)25-17-11-22(12-18-25)32(43)44/h5-18,35H,1-3H3,(H,34,45)(H,41,42)(H,43,44). The SMILES string of the molecule is Cc1c(C=C=Cc2ccc(N(C)C)cc2)c(=O)n(C(=O)Nc2ccc(C(=O)O)cc2)c2[nH]n(-c3ccc(C(=O)O)cc3)c(=O)c12. The van der Waals surface area contributed by atoms with Crippen molar-refractivity contribution < 1.29 is 24.6 Å². The molecule has 0 saturated heterocycles. The number of carboxylic acid groups (broad SMARTS) is 2. The topological polar surface area (TPSA) is 167 Å². The van der Waals surface area contributed by atoms with Gasteiger partial charge in [0, 0.05) is 25.5 Å². The number of aromatic carboxylic acids is 2. The minimum atomic E-state index is -1.14. The van der Waals surface area contributed by atoms with Crippen LogP contribution in [0.1, 0.15) is 37.4 Å². The summed E-state index contributed by atoms with van der Waals surface area (Å²) in [5, 5.41) is 23.9. The summed E-state index contributed by atoms with van der Waals surface area (Å²) in [4.78, 5) is 65.7. The molecule has 0 spiro atoms. The van der Waals surface area contributed by atoms with Crippen molar-refractivity contribution in [3.05, 3.63) is 127 Å². The molecule has 2 heterocycles. The maximum Gasteiger partial charge on any atom is 0.335 e. The van der Waals surface area contributed by atoms with E-state index in [2.05, 4.69) is 16.1 Å². The molecule has 0 aliphatic carbocycles. The van der Waals surface area contributed by atoms with E-state index in [1.54, 1.807) is 13.0 Å². The van der Waals surface area contributed by atoms with Crippen LogP contribution in [-0.2, 0) is 0 Å². The molecule has 5 aromatic rings. The number of anilines is 2. The highest BCUT2D eigenvalue weighted by Gasteiger charge is 2.23. The Balaban J connectivity index is 1.66. The summed E-state index contributed by atoms with van der Waals surface area (Å²) in [6.07, 6.45) is 3.07. The molecule has 0 aliphatic rings. The van der Waals surface area contributed by atoms with Gasteiger partial charge in [-0.3, -0.25) is 14.7 Å². The summed E-state index contributed by atoms with van der Waals surface area (Å²) in [5.74, 6) is -2.28. The smallest absolute Gasteiger partial charge is 0.335 e. The molecular formula is C33H27N5O7. The Morgan fingerprint density at radius 1 is 0.822 bits per heavy atom. The van der Waals surface area contributed by atoms with Crippen LogP contribution in [-0.4, -0.2) is 56.6 Å². The average molecular weight is 606 g/mol. The van der Waals surface area contributed by atoms with Gasteiger partial charge in [-0.1, -0.05) is 12.1 Å². The lowest BCUT2D eigenvalue weighted by atomic mass is 10.1. The predicted molar refractivity (Wildman–Crippen MR) is 171 cm³/mol. The highest BCUT2D eigenvalue weighted by Crippen LogP contribution is 2.20. The molecule has 226 valence electrons. The number of nitrogens with one attached hydrogen (secondary N) is 2. The second kappa shape index (κ2) is 12.1. The summed E-state index contributed by atoms with van der Waals surface area (Å²) in [6, 6.07) is 17.6. The molecule has 0 fully saturated rings. The molecule has 0 bridgehead atoms. The fourth-order valence-electron chi connectivity index (χ4n) is 4.71. The van der Waals surface area contributed by atoms with Gasteiger partial charge in [0.1, 0.15) is 5.65 Å². The number of aryl methyl sites for hydroxylation is 1. The van der Waals surface area contributed by atoms with Crippen molar-refractivity contribution in [2.75, 3.05) is 24.3 Å². The van der Waals surface area contributed by atoms with E-state index >= 15 is 0 Å². The molecule has 0 radical (unpaired) electrons. The van der Waals surface area contributed by atoms with Gasteiger partial charge in [0.25, 0.3) is 11.1 Å². The van der Waals surface area contributed by atoms with Crippen LogP contribution < -0.4 is 21.3 Å². The van der Waals surface area contributed by atoms with Gasteiger partial charge < -0.3 is 20.4 Å². The minimum absolute atomic E-state index is 0.00813. The molecule has 45 heavy (non-hydrogen) atoms. The van der Waals surface area contributed by atoms with Crippen LogP contribution in [0, 0.1) is 6.92 Å². The van der Waals surface area contributed by atoms with E-state index in [0.717, 1.165) is 20.5 Å². The van der Waals surface area contributed by atoms with E-state index in [0.29, 0.717) is 5.56 Å². The average Bonchev–Trinajstić information content (AvgIpc) is 3.35. The second-order valence-corrected chi connectivity index (χ2v) is 10.3. The number of aromatic nitrogens is 3. The van der Waals surface area contributed by atoms with Crippen LogP contribution in [0.3, 0.4) is 0 Å². The number of pyridine rings is 1. The van der Waals surface area contributed by atoms with Crippen LogP contribution in [0.25, 0.3) is 28.9 Å². The van der Waals surface area contributed by atoms with Crippen LogP contribution >= 0.6 is 0 Å². The summed E-state index contributed by atoms with van der Waals surface area (Å²) < 4.78 is 1.90. The molecule has 5 rings (SSSR count). The van der Waals surface area contributed by atoms with Gasteiger partial charge in [-0.15, -0.1) is 5.73 Å². The number of hydrogen-bond acceptors (Lipinski definition) is 6. The lowest BCUT2D eigenvalue weighted by molar-refractivity contribution is 0.0686. The zero-order chi connectivity index (χ0) is 32.4. The van der Waals surface area contributed by atoms with E-state index in [-0.39, 0.29) is 39.1 Å². The first-order valence-corrected chi connectivity index (χ1v) is 13.5. The van der Waals surface area contributed by atoms with Gasteiger partial charge in [0.05, 0.1) is 27.8 Å². The Labute approximate surface area is 255 Å². The van der Waals surface area contributed by atoms with E-state index in [1.165, 1.54) is 54.6 Å². The first-order chi connectivity index (χ1) is 21.5.